The maximum Gasteiger partial charge on any atom is 0.297 e. The smallest absolute Gasteiger partial charge is 0.297 e. The van der Waals surface area contributed by atoms with Crippen LogP contribution < -0.4 is 15.0 Å². The molecule has 1 aromatic heterocycles. The molecule has 1 saturated heterocycles. The Bertz CT molecular complexity index is 1250. The Balaban J connectivity index is 1.84. The summed E-state index contributed by atoms with van der Waals surface area (Å²) in [7, 11) is 3.01. The molecule has 1 fully saturated rings. The number of aromatic nitrogens is 2. The van der Waals surface area contributed by atoms with Crippen LogP contribution in [0.3, 0.4) is 0 Å². The Labute approximate surface area is 193 Å². The lowest BCUT2D eigenvalue weighted by molar-refractivity contribution is -0.135. The van der Waals surface area contributed by atoms with E-state index in [9.17, 15) is 19.2 Å². The van der Waals surface area contributed by atoms with Crippen molar-refractivity contribution in [3.63, 3.8) is 0 Å². The molecule has 0 aliphatic carbocycles. The molecule has 168 valence electrons. The highest BCUT2D eigenvalue weighted by Crippen LogP contribution is 2.42. The number of methoxy groups -OCH3 is 1. The Morgan fingerprint density at radius 1 is 1.06 bits per heavy atom. The number of ketones is 2. The third-order valence-electron chi connectivity index (χ3n) is 5.40. The van der Waals surface area contributed by atoms with Crippen LogP contribution in [0, 0.1) is 12.8 Å². The summed E-state index contributed by atoms with van der Waals surface area (Å²) >= 11 is 1.14. The van der Waals surface area contributed by atoms with Crippen molar-refractivity contribution in [1.82, 2.24) is 15.5 Å². The SMILES string of the molecule is CNC(=O)c1cccc(C2C(C(=O)c3ccc(OC)cc3)C(=O)C(=O)N2c2nnc(C)s2)c1. The highest BCUT2D eigenvalue weighted by atomic mass is 32.1. The Morgan fingerprint density at radius 2 is 1.79 bits per heavy atom. The van der Waals surface area contributed by atoms with Crippen LogP contribution in [0.1, 0.15) is 37.3 Å². The first-order valence-corrected chi connectivity index (χ1v) is 10.8. The molecular formula is C23H20N4O5S. The van der Waals surface area contributed by atoms with Crippen molar-refractivity contribution in [1.29, 1.82) is 0 Å². The van der Waals surface area contributed by atoms with E-state index >= 15 is 0 Å². The van der Waals surface area contributed by atoms with Gasteiger partial charge in [-0.2, -0.15) is 0 Å². The van der Waals surface area contributed by atoms with Gasteiger partial charge in [-0.05, 0) is 48.9 Å². The Kier molecular flexibility index (Phi) is 6.01. The van der Waals surface area contributed by atoms with Gasteiger partial charge in [0.05, 0.1) is 13.2 Å². The standard InChI is InChI=1S/C23H20N4O5S/c1-12-25-26-23(33-12)27-18(14-5-4-6-15(11-14)21(30)24-2)17(20(29)22(27)31)19(28)13-7-9-16(32-3)10-8-13/h4-11,17-18H,1-3H3,(H,24,30). The number of nitrogens with one attached hydrogen (secondary N) is 1. The maximum absolute atomic E-state index is 13.5. The molecule has 4 rings (SSSR count). The molecule has 2 atom stereocenters. The fourth-order valence-electron chi connectivity index (χ4n) is 3.81. The molecule has 3 aromatic rings. The molecule has 1 N–H and O–H groups in total. The van der Waals surface area contributed by atoms with Crippen molar-refractivity contribution < 1.29 is 23.9 Å². The van der Waals surface area contributed by atoms with Crippen LogP contribution >= 0.6 is 11.3 Å². The Hall–Kier alpha value is -3.92. The quantitative estimate of drug-likeness (QED) is 0.338. The zero-order chi connectivity index (χ0) is 23.7. The molecule has 0 saturated carbocycles. The van der Waals surface area contributed by atoms with Gasteiger partial charge < -0.3 is 10.1 Å². The van der Waals surface area contributed by atoms with Crippen LogP contribution in [0.2, 0.25) is 0 Å². The monoisotopic (exact) mass is 464 g/mol. The second kappa shape index (κ2) is 8.91. The van der Waals surface area contributed by atoms with Gasteiger partial charge in [0.1, 0.15) is 16.7 Å². The number of hydrogen-bond donors (Lipinski definition) is 1. The second-order valence-corrected chi connectivity index (χ2v) is 8.52. The van der Waals surface area contributed by atoms with Gasteiger partial charge in [0, 0.05) is 18.2 Å². The lowest BCUT2D eigenvalue weighted by Crippen LogP contribution is -2.31. The van der Waals surface area contributed by atoms with Crippen molar-refractivity contribution in [3.8, 4) is 5.75 Å². The van der Waals surface area contributed by atoms with Gasteiger partial charge in [-0.1, -0.05) is 23.5 Å². The molecule has 2 aromatic carbocycles. The van der Waals surface area contributed by atoms with E-state index in [1.54, 1.807) is 55.5 Å². The molecule has 10 heteroatoms. The first-order chi connectivity index (χ1) is 15.8. The van der Waals surface area contributed by atoms with Gasteiger partial charge in [-0.25, -0.2) is 0 Å². The van der Waals surface area contributed by atoms with Gasteiger partial charge in [-0.3, -0.25) is 24.1 Å². The summed E-state index contributed by atoms with van der Waals surface area (Å²) in [6.45, 7) is 1.73. The van der Waals surface area contributed by atoms with Gasteiger partial charge in [0.25, 0.3) is 11.8 Å². The number of amides is 2. The summed E-state index contributed by atoms with van der Waals surface area (Å²) in [4.78, 5) is 53.1. The molecule has 0 radical (unpaired) electrons. The summed E-state index contributed by atoms with van der Waals surface area (Å²) in [5, 5.41) is 11.4. The molecule has 2 amide bonds. The highest BCUT2D eigenvalue weighted by molar-refractivity contribution is 7.15. The van der Waals surface area contributed by atoms with Crippen molar-refractivity contribution in [2.45, 2.75) is 13.0 Å². The minimum absolute atomic E-state index is 0.214. The molecule has 0 spiro atoms. The van der Waals surface area contributed by atoms with E-state index in [1.807, 2.05) is 0 Å². The predicted octanol–water partition coefficient (Wildman–Crippen LogP) is 2.37. The molecule has 33 heavy (non-hydrogen) atoms. The normalized spacial score (nSPS) is 17.8. The predicted molar refractivity (Wildman–Crippen MR) is 121 cm³/mol. The average molecular weight is 465 g/mol. The number of aryl methyl sites for hydroxylation is 1. The van der Waals surface area contributed by atoms with E-state index in [0.29, 0.717) is 21.9 Å². The largest absolute Gasteiger partial charge is 0.497 e. The molecule has 2 unspecified atom stereocenters. The minimum Gasteiger partial charge on any atom is -0.497 e. The number of anilines is 1. The zero-order valence-electron chi connectivity index (χ0n) is 18.1. The van der Waals surface area contributed by atoms with E-state index in [-0.39, 0.29) is 16.6 Å². The van der Waals surface area contributed by atoms with Gasteiger partial charge in [0.15, 0.2) is 5.78 Å². The topological polar surface area (TPSA) is 119 Å². The zero-order valence-corrected chi connectivity index (χ0v) is 18.9. The number of ether oxygens (including phenoxy) is 1. The maximum atomic E-state index is 13.5. The Morgan fingerprint density at radius 3 is 2.39 bits per heavy atom. The van der Waals surface area contributed by atoms with Gasteiger partial charge >= 0.3 is 0 Å². The van der Waals surface area contributed by atoms with E-state index in [4.69, 9.17) is 4.74 Å². The lowest BCUT2D eigenvalue weighted by atomic mass is 9.86. The van der Waals surface area contributed by atoms with E-state index in [2.05, 4.69) is 15.5 Å². The van der Waals surface area contributed by atoms with Crippen LogP contribution in [0.25, 0.3) is 0 Å². The van der Waals surface area contributed by atoms with E-state index in [0.717, 1.165) is 11.3 Å². The number of carbonyl (C=O) groups is 4. The number of hydrogen-bond acceptors (Lipinski definition) is 8. The first kappa shape index (κ1) is 22.3. The van der Waals surface area contributed by atoms with Crippen LogP contribution in [0.4, 0.5) is 5.13 Å². The van der Waals surface area contributed by atoms with E-state index < -0.39 is 29.4 Å². The molecular weight excluding hydrogens is 444 g/mol. The summed E-state index contributed by atoms with van der Waals surface area (Å²) in [6, 6.07) is 11.9. The van der Waals surface area contributed by atoms with E-state index in [1.165, 1.54) is 19.1 Å². The van der Waals surface area contributed by atoms with Crippen LogP contribution in [0.15, 0.2) is 48.5 Å². The van der Waals surface area contributed by atoms with Crippen LogP contribution in [0.5, 0.6) is 5.75 Å². The first-order valence-electron chi connectivity index (χ1n) is 10.0. The van der Waals surface area contributed by atoms with Crippen molar-refractivity contribution >= 4 is 39.8 Å². The number of nitrogens with zero attached hydrogens (tertiary/aromatic N) is 3. The fourth-order valence-corrected chi connectivity index (χ4v) is 4.53. The van der Waals surface area contributed by atoms with Gasteiger partial charge in [0.2, 0.25) is 10.9 Å². The highest BCUT2D eigenvalue weighted by Gasteiger charge is 2.53. The lowest BCUT2D eigenvalue weighted by Gasteiger charge is -2.25. The number of rotatable bonds is 6. The van der Waals surface area contributed by atoms with Crippen molar-refractivity contribution in [2.75, 3.05) is 19.1 Å². The van der Waals surface area contributed by atoms with Crippen molar-refractivity contribution in [2.24, 2.45) is 5.92 Å². The summed E-state index contributed by atoms with van der Waals surface area (Å²) in [5.41, 5.74) is 1.07. The van der Waals surface area contributed by atoms with Gasteiger partial charge in [-0.15, -0.1) is 10.2 Å². The second-order valence-electron chi connectivity index (χ2n) is 7.36. The summed E-state index contributed by atoms with van der Waals surface area (Å²) in [5.74, 6) is -3.26. The summed E-state index contributed by atoms with van der Waals surface area (Å²) < 4.78 is 5.13. The molecule has 2 heterocycles. The average Bonchev–Trinajstić information content (AvgIpc) is 3.38. The minimum atomic E-state index is -1.31. The molecule has 1 aliphatic rings. The van der Waals surface area contributed by atoms with Crippen LogP contribution in [-0.2, 0) is 9.59 Å². The molecule has 0 bridgehead atoms. The number of benzene rings is 2. The van der Waals surface area contributed by atoms with Crippen molar-refractivity contribution in [3.05, 3.63) is 70.2 Å². The fraction of sp³-hybridized carbons (Fsp3) is 0.217. The molecule has 1 aliphatic heterocycles. The number of Topliss-reactive ketones (excluding diaryl/α,β-unsaturated/α-hetero) is 2. The third kappa shape index (κ3) is 4.00. The number of carbonyl (C=O) groups excluding carboxylic acids is 4. The van der Waals surface area contributed by atoms with Crippen LogP contribution in [-0.4, -0.2) is 47.7 Å². The molecule has 9 nitrogen and oxygen atoms in total. The summed E-state index contributed by atoms with van der Waals surface area (Å²) in [6.07, 6.45) is 0. The third-order valence-corrected chi connectivity index (χ3v) is 6.24.